The van der Waals surface area contributed by atoms with Crippen molar-refractivity contribution in [3.05, 3.63) is 59.7 Å². The summed E-state index contributed by atoms with van der Waals surface area (Å²) in [7, 11) is 6.74. The number of methoxy groups -OCH3 is 2. The topological polar surface area (TPSA) is 75.2 Å². The summed E-state index contributed by atoms with van der Waals surface area (Å²) in [6.45, 7) is 1.35. The normalized spacial score (nSPS) is 10.9. The molecule has 0 saturated carbocycles. The number of amides is 1. The molecule has 0 fully saturated rings. The third kappa shape index (κ3) is 6.22. The summed E-state index contributed by atoms with van der Waals surface area (Å²) in [6.07, 6.45) is -0.485. The number of carbonyl (C=O) groups is 1. The van der Waals surface area contributed by atoms with Crippen LogP contribution in [0.1, 0.15) is 11.1 Å². The van der Waals surface area contributed by atoms with Crippen molar-refractivity contribution in [2.45, 2.75) is 13.1 Å². The lowest BCUT2D eigenvalue weighted by Gasteiger charge is -2.22. The average molecular weight is 370 g/mol. The van der Waals surface area contributed by atoms with Crippen LogP contribution in [0.5, 0.6) is 5.75 Å². The van der Waals surface area contributed by atoms with E-state index >= 15 is 0 Å². The minimum atomic E-state index is -0.485. The van der Waals surface area contributed by atoms with E-state index in [9.17, 15) is 4.79 Å². The Morgan fingerprint density at radius 1 is 1.04 bits per heavy atom. The second-order valence-electron chi connectivity index (χ2n) is 5.92. The first kappa shape index (κ1) is 20.1. The number of rotatable bonds is 6. The lowest BCUT2D eigenvalue weighted by Crippen LogP contribution is -2.38. The summed E-state index contributed by atoms with van der Waals surface area (Å²) in [5.74, 6) is 1.64. The number of anilines is 1. The number of nitrogens with one attached hydrogen (secondary N) is 2. The molecule has 2 N–H and O–H groups in total. The smallest absolute Gasteiger partial charge is 0.411 e. The highest BCUT2D eigenvalue weighted by atomic mass is 16.5. The zero-order valence-electron chi connectivity index (χ0n) is 16.2. The van der Waals surface area contributed by atoms with Crippen LogP contribution in [0.4, 0.5) is 10.5 Å². The summed E-state index contributed by atoms with van der Waals surface area (Å²) in [4.78, 5) is 17.6. The van der Waals surface area contributed by atoms with Crippen molar-refractivity contribution in [1.82, 2.24) is 10.2 Å². The summed E-state index contributed by atoms with van der Waals surface area (Å²) in [5.41, 5.74) is 2.93. The lowest BCUT2D eigenvalue weighted by atomic mass is 10.2. The van der Waals surface area contributed by atoms with Crippen LogP contribution in [0, 0.1) is 0 Å². The molecule has 0 aromatic heterocycles. The van der Waals surface area contributed by atoms with Gasteiger partial charge in [-0.2, -0.15) is 0 Å². The molecule has 0 bridgehead atoms. The van der Waals surface area contributed by atoms with Crippen molar-refractivity contribution >= 4 is 17.7 Å². The van der Waals surface area contributed by atoms with Crippen molar-refractivity contribution in [1.29, 1.82) is 0 Å². The Morgan fingerprint density at radius 3 is 2.22 bits per heavy atom. The van der Waals surface area contributed by atoms with Crippen LogP contribution in [0.2, 0.25) is 0 Å². The highest BCUT2D eigenvalue weighted by Gasteiger charge is 2.07. The number of aliphatic imine (C=N–C) groups is 1. The molecule has 1 amide bonds. The largest absolute Gasteiger partial charge is 0.497 e. The highest BCUT2D eigenvalue weighted by molar-refractivity contribution is 5.84. The molecule has 0 unspecified atom stereocenters. The molecule has 7 heteroatoms. The Bertz CT molecular complexity index is 758. The molecule has 7 nitrogen and oxygen atoms in total. The molecule has 0 saturated heterocycles. The second kappa shape index (κ2) is 10.1. The molecular formula is C20H26N4O3. The first-order valence-corrected chi connectivity index (χ1v) is 8.54. The van der Waals surface area contributed by atoms with Crippen LogP contribution in [0.15, 0.2) is 53.5 Å². The number of benzene rings is 2. The SMILES string of the molecule is CN=C(NCc1ccc(NC(=O)OC)cc1)N(C)Cc1ccc(OC)cc1. The number of ether oxygens (including phenoxy) is 2. The van der Waals surface area contributed by atoms with Crippen LogP contribution < -0.4 is 15.4 Å². The Morgan fingerprint density at radius 2 is 1.67 bits per heavy atom. The fraction of sp³-hybridized carbons (Fsp3) is 0.300. The van der Waals surface area contributed by atoms with Gasteiger partial charge in [0.05, 0.1) is 14.2 Å². The third-order valence-electron chi connectivity index (χ3n) is 3.99. The van der Waals surface area contributed by atoms with Crippen LogP contribution in [-0.2, 0) is 17.8 Å². The Balaban J connectivity index is 1.89. The monoisotopic (exact) mass is 370 g/mol. The maximum atomic E-state index is 11.2. The minimum Gasteiger partial charge on any atom is -0.497 e. The maximum Gasteiger partial charge on any atom is 0.411 e. The summed E-state index contributed by atoms with van der Waals surface area (Å²) < 4.78 is 9.76. The Kier molecular flexibility index (Phi) is 7.49. The predicted molar refractivity (Wildman–Crippen MR) is 107 cm³/mol. The average Bonchev–Trinajstić information content (AvgIpc) is 2.70. The minimum absolute atomic E-state index is 0.485. The fourth-order valence-corrected chi connectivity index (χ4v) is 2.52. The van der Waals surface area contributed by atoms with Crippen molar-refractivity contribution < 1.29 is 14.3 Å². The van der Waals surface area contributed by atoms with E-state index < -0.39 is 6.09 Å². The summed E-state index contributed by atoms with van der Waals surface area (Å²) >= 11 is 0. The van der Waals surface area contributed by atoms with Gasteiger partial charge in [0, 0.05) is 32.9 Å². The van der Waals surface area contributed by atoms with Gasteiger partial charge in [0.25, 0.3) is 0 Å². The quantitative estimate of drug-likeness (QED) is 0.604. The molecule has 0 aliphatic carbocycles. The standard InChI is InChI=1S/C20H26N4O3/c1-21-19(24(2)14-16-7-11-18(26-3)12-8-16)22-13-15-5-9-17(10-6-15)23-20(25)27-4/h5-12H,13-14H2,1-4H3,(H,21,22)(H,23,25). The van der Waals surface area contributed by atoms with Crippen molar-refractivity contribution in [2.24, 2.45) is 4.99 Å². The van der Waals surface area contributed by atoms with Gasteiger partial charge < -0.3 is 19.7 Å². The van der Waals surface area contributed by atoms with E-state index in [2.05, 4.69) is 25.3 Å². The third-order valence-corrected chi connectivity index (χ3v) is 3.99. The van der Waals surface area contributed by atoms with Crippen LogP contribution in [0.25, 0.3) is 0 Å². The molecule has 144 valence electrons. The van der Waals surface area contributed by atoms with Gasteiger partial charge >= 0.3 is 6.09 Å². The van der Waals surface area contributed by atoms with E-state index in [-0.39, 0.29) is 0 Å². The molecule has 2 aromatic rings. The molecule has 0 aliphatic rings. The van der Waals surface area contributed by atoms with Gasteiger partial charge in [-0.15, -0.1) is 0 Å². The second-order valence-corrected chi connectivity index (χ2v) is 5.92. The van der Waals surface area contributed by atoms with Crippen LogP contribution >= 0.6 is 0 Å². The van der Waals surface area contributed by atoms with Gasteiger partial charge in [0.15, 0.2) is 5.96 Å². The number of guanidine groups is 1. The molecule has 27 heavy (non-hydrogen) atoms. The van der Waals surface area contributed by atoms with Gasteiger partial charge in [0.2, 0.25) is 0 Å². The zero-order chi connectivity index (χ0) is 19.6. The maximum absolute atomic E-state index is 11.2. The number of hydrogen-bond donors (Lipinski definition) is 2. The molecule has 0 heterocycles. The molecule has 0 radical (unpaired) electrons. The molecule has 2 aromatic carbocycles. The van der Waals surface area contributed by atoms with Crippen LogP contribution in [0.3, 0.4) is 0 Å². The number of hydrogen-bond acceptors (Lipinski definition) is 4. The van der Waals surface area contributed by atoms with E-state index in [4.69, 9.17) is 4.74 Å². The molecule has 2 rings (SSSR count). The lowest BCUT2D eigenvalue weighted by molar-refractivity contribution is 0.187. The summed E-state index contributed by atoms with van der Waals surface area (Å²) in [5, 5.41) is 5.96. The van der Waals surface area contributed by atoms with Gasteiger partial charge in [-0.25, -0.2) is 4.79 Å². The van der Waals surface area contributed by atoms with E-state index in [1.165, 1.54) is 12.7 Å². The van der Waals surface area contributed by atoms with E-state index in [0.717, 1.165) is 23.8 Å². The van der Waals surface area contributed by atoms with E-state index in [0.29, 0.717) is 12.2 Å². The van der Waals surface area contributed by atoms with Gasteiger partial charge in [-0.3, -0.25) is 10.3 Å². The van der Waals surface area contributed by atoms with Crippen molar-refractivity contribution in [2.75, 3.05) is 33.6 Å². The number of nitrogens with zero attached hydrogens (tertiary/aromatic N) is 2. The van der Waals surface area contributed by atoms with Gasteiger partial charge in [0.1, 0.15) is 5.75 Å². The fourth-order valence-electron chi connectivity index (χ4n) is 2.52. The zero-order valence-corrected chi connectivity index (χ0v) is 16.2. The Hall–Kier alpha value is -3.22. The highest BCUT2D eigenvalue weighted by Crippen LogP contribution is 2.13. The molecule has 0 atom stereocenters. The number of carbonyl (C=O) groups excluding carboxylic acids is 1. The molecule has 0 aliphatic heterocycles. The van der Waals surface area contributed by atoms with E-state index in [1.54, 1.807) is 14.2 Å². The Labute approximate surface area is 160 Å². The van der Waals surface area contributed by atoms with Gasteiger partial charge in [-0.05, 0) is 35.4 Å². The summed E-state index contributed by atoms with van der Waals surface area (Å²) in [6, 6.07) is 15.5. The molecular weight excluding hydrogens is 344 g/mol. The van der Waals surface area contributed by atoms with Crippen LogP contribution in [-0.4, -0.2) is 45.3 Å². The van der Waals surface area contributed by atoms with E-state index in [1.807, 2.05) is 55.6 Å². The first-order chi connectivity index (χ1) is 13.0. The van der Waals surface area contributed by atoms with Crippen molar-refractivity contribution in [3.63, 3.8) is 0 Å². The van der Waals surface area contributed by atoms with Crippen molar-refractivity contribution in [3.8, 4) is 5.75 Å². The first-order valence-electron chi connectivity index (χ1n) is 8.54. The van der Waals surface area contributed by atoms with Gasteiger partial charge in [-0.1, -0.05) is 24.3 Å². The molecule has 0 spiro atoms. The predicted octanol–water partition coefficient (Wildman–Crippen LogP) is 3.08.